The first-order valence-electron chi connectivity index (χ1n) is 6.61. The summed E-state index contributed by atoms with van der Waals surface area (Å²) >= 11 is 10.2. The van der Waals surface area contributed by atoms with Crippen molar-refractivity contribution >= 4 is 27.5 Å². The smallest absolute Gasteiger partial charge is 0.0838 e. The Balaban J connectivity index is 2.28. The van der Waals surface area contributed by atoms with Crippen molar-refractivity contribution in [2.75, 3.05) is 0 Å². The molecule has 0 radical (unpaired) electrons. The SMILES string of the molecule is CCCc1ccc(C(Cl)c2cccc(Br)c2C)cc1. The molecule has 2 heteroatoms. The Morgan fingerprint density at radius 1 is 1.11 bits per heavy atom. The van der Waals surface area contributed by atoms with Crippen LogP contribution in [0.1, 0.15) is 41.0 Å². The van der Waals surface area contributed by atoms with E-state index in [2.05, 4.69) is 60.1 Å². The second-order valence-corrected chi connectivity index (χ2v) is 6.10. The Bertz CT molecular complexity index is 546. The largest absolute Gasteiger partial charge is 0.113 e. The minimum absolute atomic E-state index is 0.0897. The number of aryl methyl sites for hydroxylation is 1. The van der Waals surface area contributed by atoms with Crippen LogP contribution in [0.4, 0.5) is 0 Å². The van der Waals surface area contributed by atoms with Gasteiger partial charge in [-0.2, -0.15) is 0 Å². The zero-order valence-corrected chi connectivity index (χ0v) is 13.6. The lowest BCUT2D eigenvalue weighted by Crippen LogP contribution is -1.97. The maximum absolute atomic E-state index is 6.62. The third-order valence-corrected chi connectivity index (χ3v) is 4.74. The predicted molar refractivity (Wildman–Crippen MR) is 87.0 cm³/mol. The van der Waals surface area contributed by atoms with Crippen LogP contribution in [0.25, 0.3) is 0 Å². The van der Waals surface area contributed by atoms with Gasteiger partial charge < -0.3 is 0 Å². The van der Waals surface area contributed by atoms with E-state index in [9.17, 15) is 0 Å². The molecule has 2 aromatic carbocycles. The topological polar surface area (TPSA) is 0 Å². The molecule has 0 saturated heterocycles. The molecule has 0 spiro atoms. The normalized spacial score (nSPS) is 12.4. The second kappa shape index (κ2) is 6.58. The van der Waals surface area contributed by atoms with Crippen LogP contribution in [-0.2, 0) is 6.42 Å². The molecule has 0 aliphatic rings. The van der Waals surface area contributed by atoms with Crippen molar-refractivity contribution in [3.63, 3.8) is 0 Å². The molecule has 1 atom stereocenters. The summed E-state index contributed by atoms with van der Waals surface area (Å²) in [6.45, 7) is 4.30. The zero-order valence-electron chi connectivity index (χ0n) is 11.3. The molecule has 0 bridgehead atoms. The van der Waals surface area contributed by atoms with Gasteiger partial charge >= 0.3 is 0 Å². The van der Waals surface area contributed by atoms with Crippen LogP contribution in [0.2, 0.25) is 0 Å². The summed E-state index contributed by atoms with van der Waals surface area (Å²) in [6.07, 6.45) is 2.30. The van der Waals surface area contributed by atoms with Crippen LogP contribution in [0, 0.1) is 6.92 Å². The highest BCUT2D eigenvalue weighted by atomic mass is 79.9. The summed E-state index contributed by atoms with van der Waals surface area (Å²) in [5, 5.41) is -0.0897. The molecule has 0 aliphatic carbocycles. The Hall–Kier alpha value is -0.790. The van der Waals surface area contributed by atoms with E-state index in [0.29, 0.717) is 0 Å². The Morgan fingerprint density at radius 3 is 2.42 bits per heavy atom. The number of benzene rings is 2. The zero-order chi connectivity index (χ0) is 13.8. The average molecular weight is 338 g/mol. The molecule has 0 N–H and O–H groups in total. The lowest BCUT2D eigenvalue weighted by molar-refractivity contribution is 0.920. The number of hydrogen-bond donors (Lipinski definition) is 0. The van der Waals surface area contributed by atoms with Crippen molar-refractivity contribution in [1.82, 2.24) is 0 Å². The van der Waals surface area contributed by atoms with Gasteiger partial charge in [0.2, 0.25) is 0 Å². The summed E-state index contributed by atoms with van der Waals surface area (Å²) in [6, 6.07) is 14.8. The summed E-state index contributed by atoms with van der Waals surface area (Å²) in [5.74, 6) is 0. The highest BCUT2D eigenvalue weighted by molar-refractivity contribution is 9.10. The average Bonchev–Trinajstić information content (AvgIpc) is 2.42. The highest BCUT2D eigenvalue weighted by Crippen LogP contribution is 2.33. The van der Waals surface area contributed by atoms with Crippen molar-refractivity contribution in [3.05, 3.63) is 69.2 Å². The van der Waals surface area contributed by atoms with Crippen LogP contribution in [0.3, 0.4) is 0 Å². The first kappa shape index (κ1) is 14.6. The molecule has 2 aromatic rings. The van der Waals surface area contributed by atoms with Gasteiger partial charge in [0.1, 0.15) is 0 Å². The van der Waals surface area contributed by atoms with Crippen molar-refractivity contribution < 1.29 is 0 Å². The number of halogens is 2. The molecular formula is C17H18BrCl. The maximum atomic E-state index is 6.62. The van der Waals surface area contributed by atoms with Crippen molar-refractivity contribution in [2.45, 2.75) is 32.1 Å². The third kappa shape index (κ3) is 3.40. The summed E-state index contributed by atoms with van der Waals surface area (Å²) in [4.78, 5) is 0. The molecule has 0 aliphatic heterocycles. The standard InChI is InChI=1S/C17H18BrCl/c1-3-5-13-8-10-14(11-9-13)17(19)15-6-4-7-16(18)12(15)2/h4,6-11,17H,3,5H2,1-2H3. The number of alkyl halides is 1. The van der Waals surface area contributed by atoms with Gasteiger partial charge in [0.05, 0.1) is 5.38 Å². The van der Waals surface area contributed by atoms with Gasteiger partial charge in [-0.3, -0.25) is 0 Å². The molecule has 0 fully saturated rings. The fourth-order valence-corrected chi connectivity index (χ4v) is 2.98. The Morgan fingerprint density at radius 2 is 1.79 bits per heavy atom. The molecule has 0 nitrogen and oxygen atoms in total. The molecule has 19 heavy (non-hydrogen) atoms. The van der Waals surface area contributed by atoms with Gasteiger partial charge in [-0.15, -0.1) is 11.6 Å². The second-order valence-electron chi connectivity index (χ2n) is 4.81. The summed E-state index contributed by atoms with van der Waals surface area (Å²) in [7, 11) is 0. The summed E-state index contributed by atoms with van der Waals surface area (Å²) < 4.78 is 1.11. The molecule has 0 aromatic heterocycles. The van der Waals surface area contributed by atoms with Crippen LogP contribution in [0.5, 0.6) is 0 Å². The van der Waals surface area contributed by atoms with Crippen LogP contribution in [0.15, 0.2) is 46.9 Å². The van der Waals surface area contributed by atoms with Gasteiger partial charge in [-0.1, -0.05) is 65.7 Å². The number of hydrogen-bond acceptors (Lipinski definition) is 0. The quantitative estimate of drug-likeness (QED) is 0.597. The van der Waals surface area contributed by atoms with Crippen LogP contribution < -0.4 is 0 Å². The number of rotatable bonds is 4. The fourth-order valence-electron chi connectivity index (χ4n) is 2.22. The first-order valence-corrected chi connectivity index (χ1v) is 7.84. The maximum Gasteiger partial charge on any atom is 0.0838 e. The molecule has 2 rings (SSSR count). The minimum Gasteiger partial charge on any atom is -0.113 e. The van der Waals surface area contributed by atoms with Crippen LogP contribution >= 0.6 is 27.5 Å². The van der Waals surface area contributed by atoms with Gasteiger partial charge in [0, 0.05) is 4.47 Å². The van der Waals surface area contributed by atoms with Crippen molar-refractivity contribution in [1.29, 1.82) is 0 Å². The third-order valence-electron chi connectivity index (χ3n) is 3.39. The predicted octanol–water partition coefficient (Wildman–Crippen LogP) is 6.04. The molecular weight excluding hydrogens is 320 g/mol. The minimum atomic E-state index is -0.0897. The van der Waals surface area contributed by atoms with Crippen molar-refractivity contribution in [2.24, 2.45) is 0 Å². The lowest BCUT2D eigenvalue weighted by atomic mass is 9.98. The van der Waals surface area contributed by atoms with Crippen LogP contribution in [-0.4, -0.2) is 0 Å². The Kier molecular flexibility index (Phi) is 5.06. The van der Waals surface area contributed by atoms with E-state index in [1.165, 1.54) is 23.1 Å². The van der Waals surface area contributed by atoms with E-state index >= 15 is 0 Å². The van der Waals surface area contributed by atoms with Gasteiger partial charge in [-0.05, 0) is 41.7 Å². The molecule has 0 heterocycles. The monoisotopic (exact) mass is 336 g/mol. The summed E-state index contributed by atoms with van der Waals surface area (Å²) in [5.41, 5.74) is 4.91. The van der Waals surface area contributed by atoms with Gasteiger partial charge in [-0.25, -0.2) is 0 Å². The molecule has 0 amide bonds. The van der Waals surface area contributed by atoms with E-state index in [1.807, 2.05) is 12.1 Å². The first-order chi connectivity index (χ1) is 9.13. The van der Waals surface area contributed by atoms with E-state index < -0.39 is 0 Å². The fraction of sp³-hybridized carbons (Fsp3) is 0.294. The van der Waals surface area contributed by atoms with E-state index in [4.69, 9.17) is 11.6 Å². The molecule has 0 saturated carbocycles. The van der Waals surface area contributed by atoms with Crippen molar-refractivity contribution in [3.8, 4) is 0 Å². The Labute approximate surface area is 128 Å². The van der Waals surface area contributed by atoms with E-state index in [0.717, 1.165) is 16.5 Å². The van der Waals surface area contributed by atoms with E-state index in [-0.39, 0.29) is 5.38 Å². The highest BCUT2D eigenvalue weighted by Gasteiger charge is 2.14. The van der Waals surface area contributed by atoms with E-state index in [1.54, 1.807) is 0 Å². The lowest BCUT2D eigenvalue weighted by Gasteiger charge is -2.14. The van der Waals surface area contributed by atoms with Gasteiger partial charge in [0.25, 0.3) is 0 Å². The molecule has 1 unspecified atom stereocenters. The van der Waals surface area contributed by atoms with Gasteiger partial charge in [0.15, 0.2) is 0 Å². The molecule has 100 valence electrons.